The Morgan fingerprint density at radius 1 is 1.24 bits per heavy atom. The lowest BCUT2D eigenvalue weighted by Gasteiger charge is -2.48. The molecular formula is C15H22N4O2. The molecule has 0 bridgehead atoms. The summed E-state index contributed by atoms with van der Waals surface area (Å²) in [6.45, 7) is 4.73. The van der Waals surface area contributed by atoms with Gasteiger partial charge in [-0.05, 0) is 32.8 Å². The third kappa shape index (κ3) is 2.22. The first-order valence-electron chi connectivity index (χ1n) is 7.58. The van der Waals surface area contributed by atoms with Crippen LogP contribution >= 0.6 is 0 Å². The van der Waals surface area contributed by atoms with Crippen molar-refractivity contribution in [3.8, 4) is 0 Å². The molecule has 1 aromatic heterocycles. The normalized spacial score (nSPS) is 23.6. The fourth-order valence-corrected chi connectivity index (χ4v) is 3.39. The van der Waals surface area contributed by atoms with Gasteiger partial charge in [-0.15, -0.1) is 0 Å². The van der Waals surface area contributed by atoms with E-state index in [1.54, 1.807) is 15.8 Å². The van der Waals surface area contributed by atoms with Crippen molar-refractivity contribution < 1.29 is 9.59 Å². The molecule has 1 spiro atoms. The number of nitrogens with zero attached hydrogens (tertiary/aromatic N) is 3. The number of aromatic nitrogens is 2. The second-order valence-electron chi connectivity index (χ2n) is 6.53. The molecule has 1 saturated heterocycles. The van der Waals surface area contributed by atoms with Gasteiger partial charge in [-0.25, -0.2) is 0 Å². The van der Waals surface area contributed by atoms with Crippen molar-refractivity contribution >= 4 is 11.8 Å². The summed E-state index contributed by atoms with van der Waals surface area (Å²) in [5.41, 5.74) is -1.46. The molecule has 1 aromatic rings. The fourth-order valence-electron chi connectivity index (χ4n) is 3.39. The molecule has 1 saturated carbocycles. The molecule has 6 nitrogen and oxygen atoms in total. The van der Waals surface area contributed by atoms with Crippen molar-refractivity contribution in [2.24, 2.45) is 0 Å². The standard InChI is InChI=1S/C15H22N4O2/c1-14(2)12(20)17-15(6-3-4-7-15)13(21)19(14)11-10-18-9-5-8-16-18/h5,8-9H,3-4,6-7,10-11H2,1-2H3,(H,17,20). The van der Waals surface area contributed by atoms with Crippen LogP contribution in [-0.4, -0.2) is 44.1 Å². The molecule has 2 fully saturated rings. The van der Waals surface area contributed by atoms with E-state index in [-0.39, 0.29) is 11.8 Å². The smallest absolute Gasteiger partial charge is 0.249 e. The van der Waals surface area contributed by atoms with Gasteiger partial charge in [0.1, 0.15) is 11.1 Å². The second-order valence-corrected chi connectivity index (χ2v) is 6.53. The Bertz CT molecular complexity index is 544. The molecule has 1 aliphatic carbocycles. The van der Waals surface area contributed by atoms with Gasteiger partial charge in [0.05, 0.1) is 6.54 Å². The maximum absolute atomic E-state index is 13.0. The first kappa shape index (κ1) is 14.1. The summed E-state index contributed by atoms with van der Waals surface area (Å²) in [5, 5.41) is 7.16. The van der Waals surface area contributed by atoms with Crippen LogP contribution in [0.25, 0.3) is 0 Å². The summed E-state index contributed by atoms with van der Waals surface area (Å²) in [6, 6.07) is 1.86. The summed E-state index contributed by atoms with van der Waals surface area (Å²) in [4.78, 5) is 27.2. The SMILES string of the molecule is CC1(C)C(=O)NC2(CCCC2)C(=O)N1CCn1cccn1. The van der Waals surface area contributed by atoms with Gasteiger partial charge in [0.15, 0.2) is 0 Å². The van der Waals surface area contributed by atoms with Crippen molar-refractivity contribution in [2.45, 2.75) is 57.2 Å². The minimum Gasteiger partial charge on any atom is -0.340 e. The average molecular weight is 290 g/mol. The van der Waals surface area contributed by atoms with E-state index in [1.165, 1.54) is 0 Å². The molecular weight excluding hydrogens is 268 g/mol. The fraction of sp³-hybridized carbons (Fsp3) is 0.667. The number of carbonyl (C=O) groups is 2. The summed E-state index contributed by atoms with van der Waals surface area (Å²) in [6.07, 6.45) is 7.10. The first-order valence-corrected chi connectivity index (χ1v) is 7.58. The Labute approximate surface area is 124 Å². The van der Waals surface area contributed by atoms with E-state index in [0.717, 1.165) is 25.7 Å². The molecule has 6 heteroatoms. The van der Waals surface area contributed by atoms with Crippen LogP contribution in [0.2, 0.25) is 0 Å². The molecule has 21 heavy (non-hydrogen) atoms. The number of nitrogens with one attached hydrogen (secondary N) is 1. The monoisotopic (exact) mass is 290 g/mol. The molecule has 3 rings (SSSR count). The number of hydrogen-bond donors (Lipinski definition) is 1. The van der Waals surface area contributed by atoms with E-state index >= 15 is 0 Å². The number of carbonyl (C=O) groups excluding carboxylic acids is 2. The zero-order chi connectivity index (χ0) is 15.1. The number of hydrogen-bond acceptors (Lipinski definition) is 3. The zero-order valence-electron chi connectivity index (χ0n) is 12.6. The highest BCUT2D eigenvalue weighted by Gasteiger charge is 2.55. The predicted molar refractivity (Wildman–Crippen MR) is 77.4 cm³/mol. The van der Waals surface area contributed by atoms with Crippen LogP contribution in [0.4, 0.5) is 0 Å². The van der Waals surface area contributed by atoms with E-state index in [4.69, 9.17) is 0 Å². The minimum atomic E-state index is -0.807. The topological polar surface area (TPSA) is 67.2 Å². The van der Waals surface area contributed by atoms with Crippen LogP contribution in [0, 0.1) is 0 Å². The maximum atomic E-state index is 13.0. The Morgan fingerprint density at radius 2 is 1.95 bits per heavy atom. The van der Waals surface area contributed by atoms with Gasteiger partial charge in [-0.3, -0.25) is 14.3 Å². The third-order valence-electron chi connectivity index (χ3n) is 4.81. The maximum Gasteiger partial charge on any atom is 0.249 e. The van der Waals surface area contributed by atoms with Gasteiger partial charge in [-0.1, -0.05) is 12.8 Å². The Kier molecular flexibility index (Phi) is 3.26. The van der Waals surface area contributed by atoms with Gasteiger partial charge in [0.2, 0.25) is 11.8 Å². The van der Waals surface area contributed by atoms with Crippen molar-refractivity contribution in [3.05, 3.63) is 18.5 Å². The van der Waals surface area contributed by atoms with Crippen LogP contribution in [0.1, 0.15) is 39.5 Å². The summed E-state index contributed by atoms with van der Waals surface area (Å²) in [7, 11) is 0. The minimum absolute atomic E-state index is 0.0514. The van der Waals surface area contributed by atoms with Crippen LogP contribution in [-0.2, 0) is 16.1 Å². The van der Waals surface area contributed by atoms with E-state index in [9.17, 15) is 9.59 Å². The Morgan fingerprint density at radius 3 is 2.57 bits per heavy atom. The molecule has 1 N–H and O–H groups in total. The van der Waals surface area contributed by atoms with E-state index in [2.05, 4.69) is 10.4 Å². The summed E-state index contributed by atoms with van der Waals surface area (Å²) in [5.74, 6) is 0.0150. The van der Waals surface area contributed by atoms with Gasteiger partial charge >= 0.3 is 0 Å². The van der Waals surface area contributed by atoms with Crippen LogP contribution < -0.4 is 5.32 Å². The third-order valence-corrected chi connectivity index (χ3v) is 4.81. The van der Waals surface area contributed by atoms with Gasteiger partial charge in [0, 0.05) is 18.9 Å². The Balaban J connectivity index is 1.83. The molecule has 0 unspecified atom stereocenters. The molecule has 0 aromatic carbocycles. The summed E-state index contributed by atoms with van der Waals surface area (Å²) >= 11 is 0. The highest BCUT2D eigenvalue weighted by molar-refractivity contribution is 6.02. The zero-order valence-corrected chi connectivity index (χ0v) is 12.6. The largest absolute Gasteiger partial charge is 0.340 e. The van der Waals surface area contributed by atoms with Crippen molar-refractivity contribution in [2.75, 3.05) is 6.54 Å². The van der Waals surface area contributed by atoms with E-state index in [1.807, 2.05) is 26.1 Å². The quantitative estimate of drug-likeness (QED) is 0.900. The number of rotatable bonds is 3. The molecule has 2 aliphatic rings. The Hall–Kier alpha value is -1.85. The lowest BCUT2D eigenvalue weighted by Crippen LogP contribution is -2.73. The molecule has 2 amide bonds. The van der Waals surface area contributed by atoms with Gasteiger partial charge in [-0.2, -0.15) is 5.10 Å². The van der Waals surface area contributed by atoms with Crippen molar-refractivity contribution in [1.82, 2.24) is 20.0 Å². The molecule has 1 aliphatic heterocycles. The van der Waals surface area contributed by atoms with Crippen LogP contribution in [0.15, 0.2) is 18.5 Å². The lowest BCUT2D eigenvalue weighted by atomic mass is 9.86. The summed E-state index contributed by atoms with van der Waals surface area (Å²) < 4.78 is 1.79. The highest BCUT2D eigenvalue weighted by atomic mass is 16.2. The molecule has 114 valence electrons. The van der Waals surface area contributed by atoms with Gasteiger partial charge < -0.3 is 10.2 Å². The van der Waals surface area contributed by atoms with E-state index < -0.39 is 11.1 Å². The van der Waals surface area contributed by atoms with E-state index in [0.29, 0.717) is 13.1 Å². The molecule has 0 radical (unpaired) electrons. The van der Waals surface area contributed by atoms with Crippen molar-refractivity contribution in [1.29, 1.82) is 0 Å². The lowest BCUT2D eigenvalue weighted by molar-refractivity contribution is -0.161. The predicted octanol–water partition coefficient (Wildman–Crippen LogP) is 0.933. The molecule has 0 atom stereocenters. The number of amides is 2. The van der Waals surface area contributed by atoms with Crippen LogP contribution in [0.3, 0.4) is 0 Å². The van der Waals surface area contributed by atoms with Crippen LogP contribution in [0.5, 0.6) is 0 Å². The molecule has 2 heterocycles. The van der Waals surface area contributed by atoms with Crippen molar-refractivity contribution in [3.63, 3.8) is 0 Å². The average Bonchev–Trinajstić information content (AvgIpc) is 3.09. The highest BCUT2D eigenvalue weighted by Crippen LogP contribution is 2.37. The first-order chi connectivity index (χ1) is 9.96. The number of piperazine rings is 1. The second kappa shape index (κ2) is 4.86. The van der Waals surface area contributed by atoms with Gasteiger partial charge in [0.25, 0.3) is 0 Å².